The van der Waals surface area contributed by atoms with Gasteiger partial charge in [0.1, 0.15) is 0 Å². The largest absolute Gasteiger partial charge is 0.378 e. The SMILES string of the molecule is CCOC1CC(N(C)C(=O)[C@H]2CCN[C@@H](C)C2)C12CCCC2.Cl. The second kappa shape index (κ2) is 7.71. The molecule has 1 saturated heterocycles. The van der Waals surface area contributed by atoms with Gasteiger partial charge in [-0.05, 0) is 52.5 Å². The molecule has 3 fully saturated rings. The maximum absolute atomic E-state index is 12.9. The maximum Gasteiger partial charge on any atom is 0.225 e. The lowest BCUT2D eigenvalue weighted by Crippen LogP contribution is -2.64. The highest BCUT2D eigenvalue weighted by Gasteiger charge is 2.59. The Morgan fingerprint density at radius 2 is 2.00 bits per heavy atom. The van der Waals surface area contributed by atoms with E-state index in [1.807, 2.05) is 7.05 Å². The van der Waals surface area contributed by atoms with E-state index in [-0.39, 0.29) is 23.7 Å². The zero-order chi connectivity index (χ0) is 15.7. The van der Waals surface area contributed by atoms with Crippen molar-refractivity contribution in [3.8, 4) is 0 Å². The van der Waals surface area contributed by atoms with Crippen molar-refractivity contribution in [3.63, 3.8) is 0 Å². The molecule has 1 spiro atoms. The summed E-state index contributed by atoms with van der Waals surface area (Å²) in [6.45, 7) is 6.04. The van der Waals surface area contributed by atoms with Gasteiger partial charge in [0.05, 0.1) is 6.10 Å². The molecule has 2 saturated carbocycles. The number of halogens is 1. The van der Waals surface area contributed by atoms with Crippen molar-refractivity contribution in [2.24, 2.45) is 11.3 Å². The molecule has 0 bridgehead atoms. The molecule has 0 radical (unpaired) electrons. The molecule has 2 aliphatic carbocycles. The van der Waals surface area contributed by atoms with Crippen molar-refractivity contribution in [1.29, 1.82) is 0 Å². The number of carbonyl (C=O) groups excluding carboxylic acids is 1. The van der Waals surface area contributed by atoms with Crippen LogP contribution in [-0.2, 0) is 9.53 Å². The average Bonchev–Trinajstić information content (AvgIpc) is 3.02. The van der Waals surface area contributed by atoms with Crippen LogP contribution in [0.2, 0.25) is 0 Å². The number of ether oxygens (including phenoxy) is 1. The van der Waals surface area contributed by atoms with E-state index in [1.165, 1.54) is 25.7 Å². The Bertz CT molecular complexity index is 412. The van der Waals surface area contributed by atoms with Crippen molar-refractivity contribution in [1.82, 2.24) is 10.2 Å². The van der Waals surface area contributed by atoms with E-state index in [9.17, 15) is 4.79 Å². The summed E-state index contributed by atoms with van der Waals surface area (Å²) in [5.41, 5.74) is 0.263. The molecule has 4 atom stereocenters. The van der Waals surface area contributed by atoms with Gasteiger partial charge in [0, 0.05) is 37.1 Å². The minimum Gasteiger partial charge on any atom is -0.378 e. The first-order valence-corrected chi connectivity index (χ1v) is 9.20. The Balaban J connectivity index is 0.00000192. The topological polar surface area (TPSA) is 41.6 Å². The predicted molar refractivity (Wildman–Crippen MR) is 94.9 cm³/mol. The molecule has 4 nitrogen and oxygen atoms in total. The van der Waals surface area contributed by atoms with Gasteiger partial charge in [0.25, 0.3) is 0 Å². The third kappa shape index (κ3) is 3.40. The molecule has 0 aromatic rings. The van der Waals surface area contributed by atoms with Crippen LogP contribution in [0, 0.1) is 11.3 Å². The number of rotatable bonds is 4. The Hall–Kier alpha value is -0.320. The van der Waals surface area contributed by atoms with Crippen LogP contribution in [0.25, 0.3) is 0 Å². The summed E-state index contributed by atoms with van der Waals surface area (Å²) in [6, 6.07) is 0.873. The zero-order valence-corrected chi connectivity index (χ0v) is 15.7. The minimum atomic E-state index is 0. The highest BCUT2D eigenvalue weighted by molar-refractivity contribution is 5.85. The standard InChI is InChI=1S/C18H32N2O2.ClH/c1-4-22-16-12-15(18(16)8-5-6-9-18)20(3)17(21)14-7-10-19-13(2)11-14;/h13-16,19H,4-12H2,1-3H3;1H/t13-,14-,15?,16?;/m0./s1. The maximum atomic E-state index is 12.9. The van der Waals surface area contributed by atoms with Gasteiger partial charge in [-0.25, -0.2) is 0 Å². The lowest BCUT2D eigenvalue weighted by atomic mass is 9.60. The van der Waals surface area contributed by atoms with E-state index in [2.05, 4.69) is 24.1 Å². The second-order valence-corrected chi connectivity index (χ2v) is 7.66. The van der Waals surface area contributed by atoms with E-state index >= 15 is 0 Å². The lowest BCUT2D eigenvalue weighted by Gasteiger charge is -2.57. The normalized spacial score (nSPS) is 35.4. The molecule has 23 heavy (non-hydrogen) atoms. The highest BCUT2D eigenvalue weighted by atomic mass is 35.5. The second-order valence-electron chi connectivity index (χ2n) is 7.66. The smallest absolute Gasteiger partial charge is 0.225 e. The van der Waals surface area contributed by atoms with E-state index in [0.717, 1.165) is 32.4 Å². The van der Waals surface area contributed by atoms with Gasteiger partial charge >= 0.3 is 0 Å². The average molecular weight is 345 g/mol. The summed E-state index contributed by atoms with van der Waals surface area (Å²) in [5, 5.41) is 3.44. The van der Waals surface area contributed by atoms with Gasteiger partial charge in [0.2, 0.25) is 5.91 Å². The quantitative estimate of drug-likeness (QED) is 0.852. The summed E-state index contributed by atoms with van der Waals surface area (Å²) in [6.07, 6.45) is 8.47. The third-order valence-electron chi connectivity index (χ3n) is 6.43. The summed E-state index contributed by atoms with van der Waals surface area (Å²) in [4.78, 5) is 15.0. The summed E-state index contributed by atoms with van der Waals surface area (Å²) in [7, 11) is 2.04. The Morgan fingerprint density at radius 3 is 2.61 bits per heavy atom. The Kier molecular flexibility index (Phi) is 6.37. The number of nitrogens with zero attached hydrogens (tertiary/aromatic N) is 1. The fraction of sp³-hybridized carbons (Fsp3) is 0.944. The molecule has 134 valence electrons. The van der Waals surface area contributed by atoms with Crippen molar-refractivity contribution >= 4 is 18.3 Å². The first-order valence-electron chi connectivity index (χ1n) is 9.20. The lowest BCUT2D eigenvalue weighted by molar-refractivity contribution is -0.175. The minimum absolute atomic E-state index is 0. The van der Waals surface area contributed by atoms with Crippen molar-refractivity contribution < 1.29 is 9.53 Å². The Morgan fingerprint density at radius 1 is 1.30 bits per heavy atom. The highest BCUT2D eigenvalue weighted by Crippen LogP contribution is 2.56. The fourth-order valence-electron chi connectivity index (χ4n) is 5.19. The molecular formula is C18H33ClN2O2. The van der Waals surface area contributed by atoms with Crippen LogP contribution in [0.5, 0.6) is 0 Å². The number of amides is 1. The molecule has 5 heteroatoms. The molecule has 2 unspecified atom stereocenters. The van der Waals surface area contributed by atoms with E-state index in [4.69, 9.17) is 4.74 Å². The van der Waals surface area contributed by atoms with Gasteiger partial charge < -0.3 is 15.0 Å². The summed E-state index contributed by atoms with van der Waals surface area (Å²) in [5.74, 6) is 0.588. The Labute approximate surface area is 147 Å². The molecule has 1 heterocycles. The van der Waals surface area contributed by atoms with E-state index in [0.29, 0.717) is 24.1 Å². The van der Waals surface area contributed by atoms with Crippen LogP contribution < -0.4 is 5.32 Å². The fourth-order valence-corrected chi connectivity index (χ4v) is 5.19. The van der Waals surface area contributed by atoms with Crippen LogP contribution in [0.4, 0.5) is 0 Å². The predicted octanol–water partition coefficient (Wildman–Crippen LogP) is 2.99. The first kappa shape index (κ1) is 19.0. The van der Waals surface area contributed by atoms with Gasteiger partial charge in [0.15, 0.2) is 0 Å². The van der Waals surface area contributed by atoms with Crippen molar-refractivity contribution in [2.45, 2.75) is 77.0 Å². The van der Waals surface area contributed by atoms with E-state index < -0.39 is 0 Å². The van der Waals surface area contributed by atoms with Crippen LogP contribution in [0.3, 0.4) is 0 Å². The van der Waals surface area contributed by atoms with Crippen LogP contribution in [0.15, 0.2) is 0 Å². The molecule has 1 amide bonds. The third-order valence-corrected chi connectivity index (χ3v) is 6.43. The van der Waals surface area contributed by atoms with Crippen LogP contribution >= 0.6 is 12.4 Å². The van der Waals surface area contributed by atoms with Crippen LogP contribution in [-0.4, -0.2) is 49.2 Å². The molecule has 3 aliphatic rings. The number of nitrogens with one attached hydrogen (secondary N) is 1. The molecule has 0 aromatic carbocycles. The van der Waals surface area contributed by atoms with Gasteiger partial charge in [-0.15, -0.1) is 12.4 Å². The number of hydrogen-bond donors (Lipinski definition) is 1. The summed E-state index contributed by atoms with van der Waals surface area (Å²) >= 11 is 0. The summed E-state index contributed by atoms with van der Waals surface area (Å²) < 4.78 is 5.99. The van der Waals surface area contributed by atoms with Crippen molar-refractivity contribution in [2.75, 3.05) is 20.2 Å². The monoisotopic (exact) mass is 344 g/mol. The van der Waals surface area contributed by atoms with Gasteiger partial charge in [-0.1, -0.05) is 12.8 Å². The molecule has 0 aromatic heterocycles. The number of carbonyl (C=O) groups is 1. The number of hydrogen-bond acceptors (Lipinski definition) is 3. The van der Waals surface area contributed by atoms with Crippen molar-refractivity contribution in [3.05, 3.63) is 0 Å². The molecule has 3 rings (SSSR count). The van der Waals surface area contributed by atoms with Crippen LogP contribution in [0.1, 0.15) is 58.8 Å². The number of piperidine rings is 1. The van der Waals surface area contributed by atoms with Gasteiger partial charge in [-0.3, -0.25) is 4.79 Å². The van der Waals surface area contributed by atoms with Gasteiger partial charge in [-0.2, -0.15) is 0 Å². The first-order chi connectivity index (χ1) is 10.6. The molecule has 1 aliphatic heterocycles. The zero-order valence-electron chi connectivity index (χ0n) is 14.8. The molecule has 1 N–H and O–H groups in total. The molecular weight excluding hydrogens is 312 g/mol. The van der Waals surface area contributed by atoms with E-state index in [1.54, 1.807) is 0 Å².